The molecule has 102 valence electrons. The van der Waals surface area contributed by atoms with Gasteiger partial charge in [-0.2, -0.15) is 0 Å². The average Bonchev–Trinajstić information content (AvgIpc) is 2.89. The molecule has 0 saturated carbocycles. The second kappa shape index (κ2) is 6.72. The number of nitrogens with zero attached hydrogens (tertiary/aromatic N) is 1. The normalized spacial score (nSPS) is 21.7. The number of nitrogens with one attached hydrogen (secondary N) is 1. The molecule has 1 rings (SSSR count). The van der Waals surface area contributed by atoms with E-state index in [1.807, 2.05) is 0 Å². The van der Waals surface area contributed by atoms with E-state index in [0.717, 1.165) is 0 Å². The molecule has 2 unspecified atom stereocenters. The quantitative estimate of drug-likeness (QED) is 0.531. The molecule has 0 aliphatic carbocycles. The van der Waals surface area contributed by atoms with Gasteiger partial charge in [-0.3, -0.25) is 16.2 Å². The Bertz CT molecular complexity index is 208. The van der Waals surface area contributed by atoms with Crippen LogP contribution in [-0.4, -0.2) is 29.6 Å². The van der Waals surface area contributed by atoms with Crippen LogP contribution in [0.15, 0.2) is 0 Å². The van der Waals surface area contributed by atoms with Crippen LogP contribution in [0.25, 0.3) is 0 Å². The fourth-order valence-electron chi connectivity index (χ4n) is 3.58. The summed E-state index contributed by atoms with van der Waals surface area (Å²) in [5, 5.41) is 0. The summed E-state index contributed by atoms with van der Waals surface area (Å²) in [6.45, 7) is 11.7. The minimum absolute atomic E-state index is 0.251. The Kier molecular flexibility index (Phi) is 5.90. The van der Waals surface area contributed by atoms with E-state index in [1.54, 1.807) is 0 Å². The molecular formula is C14H31N3. The summed E-state index contributed by atoms with van der Waals surface area (Å²) >= 11 is 0. The number of hydrogen-bond donors (Lipinski definition) is 2. The van der Waals surface area contributed by atoms with Gasteiger partial charge in [0.1, 0.15) is 0 Å². The lowest BCUT2D eigenvalue weighted by Crippen LogP contribution is -2.63. The maximum atomic E-state index is 5.88. The van der Waals surface area contributed by atoms with Gasteiger partial charge in [-0.05, 0) is 44.7 Å². The fourth-order valence-corrected chi connectivity index (χ4v) is 3.58. The highest BCUT2D eigenvalue weighted by Crippen LogP contribution is 2.34. The molecule has 0 radical (unpaired) electrons. The maximum absolute atomic E-state index is 5.88. The van der Waals surface area contributed by atoms with Crippen molar-refractivity contribution in [3.05, 3.63) is 0 Å². The molecule has 1 saturated heterocycles. The zero-order valence-corrected chi connectivity index (χ0v) is 12.1. The van der Waals surface area contributed by atoms with Gasteiger partial charge in [-0.1, -0.05) is 34.1 Å². The molecule has 0 amide bonds. The monoisotopic (exact) mass is 241 g/mol. The molecule has 3 heteroatoms. The third-order valence-electron chi connectivity index (χ3n) is 4.93. The molecule has 1 aliphatic rings. The molecule has 0 aromatic carbocycles. The third kappa shape index (κ3) is 2.83. The van der Waals surface area contributed by atoms with E-state index in [9.17, 15) is 0 Å². The van der Waals surface area contributed by atoms with E-state index in [-0.39, 0.29) is 5.54 Å². The SMILES string of the molecule is CCC(C)C(NN)C(CC)(CC)N1CCCC1. The zero-order valence-electron chi connectivity index (χ0n) is 12.1. The van der Waals surface area contributed by atoms with Gasteiger partial charge in [-0.25, -0.2) is 0 Å². The summed E-state index contributed by atoms with van der Waals surface area (Å²) in [6, 6.07) is 0.403. The highest BCUT2D eigenvalue weighted by Gasteiger charge is 2.43. The van der Waals surface area contributed by atoms with Crippen LogP contribution in [0.4, 0.5) is 0 Å². The molecule has 2 atom stereocenters. The van der Waals surface area contributed by atoms with Crippen LogP contribution in [0.2, 0.25) is 0 Å². The van der Waals surface area contributed by atoms with E-state index < -0.39 is 0 Å². The van der Waals surface area contributed by atoms with Crippen molar-refractivity contribution in [2.45, 2.75) is 71.4 Å². The number of rotatable bonds is 7. The van der Waals surface area contributed by atoms with Gasteiger partial charge in [0.2, 0.25) is 0 Å². The standard InChI is InChI=1S/C14H31N3/c1-5-12(4)13(16-15)14(6-2,7-3)17-10-8-9-11-17/h12-13,16H,5-11,15H2,1-4H3. The van der Waals surface area contributed by atoms with Crippen molar-refractivity contribution >= 4 is 0 Å². The number of nitrogens with two attached hydrogens (primary N) is 1. The van der Waals surface area contributed by atoms with Gasteiger partial charge in [0.25, 0.3) is 0 Å². The van der Waals surface area contributed by atoms with Crippen molar-refractivity contribution in [2.75, 3.05) is 13.1 Å². The lowest BCUT2D eigenvalue weighted by Gasteiger charge is -2.48. The van der Waals surface area contributed by atoms with Crippen LogP contribution in [-0.2, 0) is 0 Å². The first kappa shape index (κ1) is 14.9. The summed E-state index contributed by atoms with van der Waals surface area (Å²) in [5.41, 5.74) is 3.38. The smallest absolute Gasteiger partial charge is 0.0420 e. The summed E-state index contributed by atoms with van der Waals surface area (Å²) in [5.74, 6) is 6.50. The molecule has 0 spiro atoms. The predicted molar refractivity (Wildman–Crippen MR) is 74.7 cm³/mol. The van der Waals surface area contributed by atoms with E-state index in [1.165, 1.54) is 45.2 Å². The van der Waals surface area contributed by atoms with Crippen LogP contribution < -0.4 is 11.3 Å². The fraction of sp³-hybridized carbons (Fsp3) is 1.00. The second-order valence-electron chi connectivity index (χ2n) is 5.53. The van der Waals surface area contributed by atoms with Crippen molar-refractivity contribution in [3.8, 4) is 0 Å². The Morgan fingerprint density at radius 3 is 2.06 bits per heavy atom. The number of likely N-dealkylation sites (tertiary alicyclic amines) is 1. The van der Waals surface area contributed by atoms with E-state index in [4.69, 9.17) is 5.84 Å². The summed E-state index contributed by atoms with van der Waals surface area (Å²) < 4.78 is 0. The van der Waals surface area contributed by atoms with Crippen LogP contribution in [0, 0.1) is 5.92 Å². The molecule has 0 aromatic heterocycles. The number of hydrazine groups is 1. The Hall–Kier alpha value is -0.120. The summed E-state index contributed by atoms with van der Waals surface area (Å²) in [6.07, 6.45) is 6.25. The van der Waals surface area contributed by atoms with Gasteiger partial charge < -0.3 is 0 Å². The van der Waals surface area contributed by atoms with Gasteiger partial charge in [0.15, 0.2) is 0 Å². The van der Waals surface area contributed by atoms with Crippen molar-refractivity contribution in [1.29, 1.82) is 0 Å². The Labute approximate surface area is 107 Å². The van der Waals surface area contributed by atoms with Crippen LogP contribution in [0.3, 0.4) is 0 Å². The molecule has 3 nitrogen and oxygen atoms in total. The van der Waals surface area contributed by atoms with E-state index >= 15 is 0 Å². The maximum Gasteiger partial charge on any atom is 0.0420 e. The molecule has 17 heavy (non-hydrogen) atoms. The Morgan fingerprint density at radius 2 is 1.71 bits per heavy atom. The summed E-state index contributed by atoms with van der Waals surface area (Å²) in [7, 11) is 0. The average molecular weight is 241 g/mol. The third-order valence-corrected chi connectivity index (χ3v) is 4.93. The minimum Gasteiger partial charge on any atom is -0.296 e. The zero-order chi connectivity index (χ0) is 12.9. The van der Waals surface area contributed by atoms with Crippen molar-refractivity contribution < 1.29 is 0 Å². The first-order valence-corrected chi connectivity index (χ1v) is 7.37. The molecule has 1 aliphatic heterocycles. The largest absolute Gasteiger partial charge is 0.296 e. The second-order valence-corrected chi connectivity index (χ2v) is 5.53. The van der Waals surface area contributed by atoms with Crippen molar-refractivity contribution in [3.63, 3.8) is 0 Å². The first-order chi connectivity index (χ1) is 8.16. The lowest BCUT2D eigenvalue weighted by molar-refractivity contribution is 0.0396. The van der Waals surface area contributed by atoms with E-state index in [2.05, 4.69) is 38.0 Å². The molecule has 0 aromatic rings. The highest BCUT2D eigenvalue weighted by atomic mass is 15.3. The van der Waals surface area contributed by atoms with Gasteiger partial charge in [0.05, 0.1) is 0 Å². The minimum atomic E-state index is 0.251. The molecule has 3 N–H and O–H groups in total. The van der Waals surface area contributed by atoms with Crippen LogP contribution in [0.1, 0.15) is 59.8 Å². The van der Waals surface area contributed by atoms with E-state index in [0.29, 0.717) is 12.0 Å². The van der Waals surface area contributed by atoms with Crippen molar-refractivity contribution in [2.24, 2.45) is 11.8 Å². The van der Waals surface area contributed by atoms with Crippen LogP contribution >= 0.6 is 0 Å². The lowest BCUT2D eigenvalue weighted by atomic mass is 9.76. The Balaban J connectivity index is 2.93. The molecular weight excluding hydrogens is 210 g/mol. The van der Waals surface area contributed by atoms with Gasteiger partial charge in [0, 0.05) is 11.6 Å². The Morgan fingerprint density at radius 1 is 1.18 bits per heavy atom. The molecule has 1 fully saturated rings. The topological polar surface area (TPSA) is 41.3 Å². The molecule has 0 bridgehead atoms. The predicted octanol–water partition coefficient (Wildman–Crippen LogP) is 2.52. The van der Waals surface area contributed by atoms with Crippen LogP contribution in [0.5, 0.6) is 0 Å². The van der Waals surface area contributed by atoms with Crippen molar-refractivity contribution in [1.82, 2.24) is 10.3 Å². The molecule has 1 heterocycles. The van der Waals surface area contributed by atoms with Gasteiger partial charge in [-0.15, -0.1) is 0 Å². The summed E-state index contributed by atoms with van der Waals surface area (Å²) in [4.78, 5) is 2.68. The highest BCUT2D eigenvalue weighted by molar-refractivity contribution is 5.01. The first-order valence-electron chi connectivity index (χ1n) is 7.37. The van der Waals surface area contributed by atoms with Gasteiger partial charge >= 0.3 is 0 Å². The number of hydrogen-bond acceptors (Lipinski definition) is 3.